The highest BCUT2D eigenvalue weighted by atomic mass is 16.6. The van der Waals surface area contributed by atoms with Crippen LogP contribution in [-0.2, 0) is 9.47 Å². The normalized spacial score (nSPS) is 21.7. The number of rotatable bonds is 3. The van der Waals surface area contributed by atoms with Crippen LogP contribution < -0.4 is 0 Å². The zero-order valence-electron chi connectivity index (χ0n) is 9.44. The number of hydrogen-bond donors (Lipinski definition) is 0. The molecule has 1 unspecified atom stereocenters. The predicted molar refractivity (Wildman–Crippen MR) is 57.5 cm³/mol. The molecule has 0 saturated carbocycles. The number of ether oxygens (including phenoxy) is 2. The van der Waals surface area contributed by atoms with Crippen LogP contribution in [0.1, 0.15) is 26.2 Å². The van der Waals surface area contributed by atoms with Gasteiger partial charge >= 0.3 is 6.09 Å². The maximum absolute atomic E-state index is 11.6. The first kappa shape index (κ1) is 11.9. The molecule has 1 saturated heterocycles. The van der Waals surface area contributed by atoms with Crippen molar-refractivity contribution in [2.75, 3.05) is 20.3 Å². The lowest BCUT2D eigenvalue weighted by molar-refractivity contribution is 0.0864. The Hall–Kier alpha value is -1.19. The van der Waals surface area contributed by atoms with E-state index in [4.69, 9.17) is 9.47 Å². The first-order valence-electron chi connectivity index (χ1n) is 5.42. The molecule has 0 bridgehead atoms. The van der Waals surface area contributed by atoms with E-state index < -0.39 is 0 Å². The van der Waals surface area contributed by atoms with E-state index in [-0.39, 0.29) is 12.1 Å². The smallest absolute Gasteiger partial charge is 0.410 e. The van der Waals surface area contributed by atoms with Crippen molar-refractivity contribution in [3.05, 3.63) is 12.3 Å². The van der Waals surface area contributed by atoms with Gasteiger partial charge < -0.3 is 14.4 Å². The Balaban J connectivity index is 2.56. The molecule has 1 amide bonds. The van der Waals surface area contributed by atoms with Gasteiger partial charge in [-0.2, -0.15) is 0 Å². The van der Waals surface area contributed by atoms with Crippen LogP contribution in [0.5, 0.6) is 0 Å². The largest absolute Gasteiger partial charge is 0.505 e. The first-order valence-corrected chi connectivity index (χ1v) is 5.42. The van der Waals surface area contributed by atoms with Crippen molar-refractivity contribution in [3.8, 4) is 0 Å². The molecule has 0 aromatic heterocycles. The fraction of sp³-hybridized carbons (Fsp3) is 0.727. The second-order valence-electron chi connectivity index (χ2n) is 3.52. The summed E-state index contributed by atoms with van der Waals surface area (Å²) in [5.41, 5.74) is 0. The van der Waals surface area contributed by atoms with Crippen molar-refractivity contribution >= 4 is 6.09 Å². The third kappa shape index (κ3) is 3.46. The second kappa shape index (κ2) is 6.32. The molecule has 1 atom stereocenters. The Bertz CT molecular complexity index is 228. The molecule has 0 spiro atoms. The fourth-order valence-electron chi connectivity index (χ4n) is 1.76. The molecule has 86 valence electrons. The van der Waals surface area contributed by atoms with Gasteiger partial charge in [-0.15, -0.1) is 0 Å². The summed E-state index contributed by atoms with van der Waals surface area (Å²) in [6.07, 6.45) is 6.50. The summed E-state index contributed by atoms with van der Waals surface area (Å²) in [4.78, 5) is 13.4. The SMILES string of the molecule is CCOC(=O)N1CCCCC1/C=C/OC. The Morgan fingerprint density at radius 2 is 2.33 bits per heavy atom. The first-order chi connectivity index (χ1) is 7.29. The van der Waals surface area contributed by atoms with Crippen LogP contribution in [0.15, 0.2) is 12.3 Å². The molecular formula is C11H19NO3. The molecule has 0 N–H and O–H groups in total. The molecule has 1 fully saturated rings. The Morgan fingerprint density at radius 1 is 1.53 bits per heavy atom. The Labute approximate surface area is 90.8 Å². The molecule has 4 nitrogen and oxygen atoms in total. The Kier molecular flexibility index (Phi) is 5.01. The molecule has 1 aliphatic heterocycles. The Morgan fingerprint density at radius 3 is 3.00 bits per heavy atom. The highest BCUT2D eigenvalue weighted by Gasteiger charge is 2.25. The van der Waals surface area contributed by atoms with Crippen molar-refractivity contribution < 1.29 is 14.3 Å². The van der Waals surface area contributed by atoms with Gasteiger partial charge in [-0.05, 0) is 32.3 Å². The standard InChI is InChI=1S/C11H19NO3/c1-3-15-11(13)12-8-5-4-6-10(12)7-9-14-2/h7,9-10H,3-6,8H2,1-2H3/b9-7+. The predicted octanol–water partition coefficient (Wildman–Crippen LogP) is 2.16. The number of nitrogens with zero attached hydrogens (tertiary/aromatic N) is 1. The lowest BCUT2D eigenvalue weighted by atomic mass is 10.0. The van der Waals surface area contributed by atoms with Crippen molar-refractivity contribution in [1.82, 2.24) is 4.90 Å². The average Bonchev–Trinajstić information content (AvgIpc) is 2.27. The van der Waals surface area contributed by atoms with Crippen LogP contribution in [0.25, 0.3) is 0 Å². The third-order valence-corrected chi connectivity index (χ3v) is 2.49. The van der Waals surface area contributed by atoms with Crippen LogP contribution in [-0.4, -0.2) is 37.3 Å². The van der Waals surface area contributed by atoms with Crippen LogP contribution >= 0.6 is 0 Å². The van der Waals surface area contributed by atoms with E-state index in [1.54, 1.807) is 18.3 Å². The van der Waals surface area contributed by atoms with Gasteiger partial charge in [0.2, 0.25) is 0 Å². The summed E-state index contributed by atoms with van der Waals surface area (Å²) < 4.78 is 9.88. The number of carbonyl (C=O) groups excluding carboxylic acids is 1. The minimum absolute atomic E-state index is 0.123. The number of amides is 1. The summed E-state index contributed by atoms with van der Waals surface area (Å²) in [7, 11) is 1.61. The maximum atomic E-state index is 11.6. The van der Waals surface area contributed by atoms with Gasteiger partial charge in [-0.1, -0.05) is 0 Å². The van der Waals surface area contributed by atoms with Crippen LogP contribution in [0, 0.1) is 0 Å². The molecule has 0 aliphatic carbocycles. The van der Waals surface area contributed by atoms with E-state index in [2.05, 4.69) is 0 Å². The summed E-state index contributed by atoms with van der Waals surface area (Å²) in [5, 5.41) is 0. The van der Waals surface area contributed by atoms with Crippen LogP contribution in [0.4, 0.5) is 4.79 Å². The summed E-state index contributed by atoms with van der Waals surface area (Å²) >= 11 is 0. The van der Waals surface area contributed by atoms with Gasteiger partial charge in [0.05, 0.1) is 26.0 Å². The van der Waals surface area contributed by atoms with E-state index >= 15 is 0 Å². The minimum atomic E-state index is -0.219. The highest BCUT2D eigenvalue weighted by Crippen LogP contribution is 2.18. The van der Waals surface area contributed by atoms with Gasteiger partial charge in [0.25, 0.3) is 0 Å². The number of piperidine rings is 1. The molecule has 1 rings (SSSR count). The number of methoxy groups -OCH3 is 1. The molecule has 1 aliphatic rings. The quantitative estimate of drug-likeness (QED) is 0.674. The molecule has 0 aromatic carbocycles. The molecule has 0 radical (unpaired) electrons. The van der Waals surface area contributed by atoms with E-state index in [1.165, 1.54) is 0 Å². The van der Waals surface area contributed by atoms with E-state index in [1.807, 2.05) is 13.0 Å². The highest BCUT2D eigenvalue weighted by molar-refractivity contribution is 5.68. The topological polar surface area (TPSA) is 38.8 Å². The van der Waals surface area contributed by atoms with Gasteiger partial charge in [0.15, 0.2) is 0 Å². The molecular weight excluding hydrogens is 194 g/mol. The lowest BCUT2D eigenvalue weighted by Crippen LogP contribution is -2.43. The molecule has 0 aromatic rings. The fourth-order valence-corrected chi connectivity index (χ4v) is 1.76. The van der Waals surface area contributed by atoms with Gasteiger partial charge in [0.1, 0.15) is 0 Å². The van der Waals surface area contributed by atoms with Crippen molar-refractivity contribution in [3.63, 3.8) is 0 Å². The minimum Gasteiger partial charge on any atom is -0.505 e. The van der Waals surface area contributed by atoms with Gasteiger partial charge in [-0.3, -0.25) is 0 Å². The summed E-state index contributed by atoms with van der Waals surface area (Å²) in [6.45, 7) is 3.02. The van der Waals surface area contributed by atoms with Crippen molar-refractivity contribution in [2.24, 2.45) is 0 Å². The zero-order chi connectivity index (χ0) is 11.1. The zero-order valence-corrected chi connectivity index (χ0v) is 9.44. The summed E-state index contributed by atoms with van der Waals surface area (Å²) in [6, 6.07) is 0.123. The molecule has 15 heavy (non-hydrogen) atoms. The number of hydrogen-bond acceptors (Lipinski definition) is 3. The van der Waals surface area contributed by atoms with E-state index in [0.29, 0.717) is 6.61 Å². The van der Waals surface area contributed by atoms with Gasteiger partial charge in [-0.25, -0.2) is 4.79 Å². The van der Waals surface area contributed by atoms with Gasteiger partial charge in [0, 0.05) is 6.54 Å². The van der Waals surface area contributed by atoms with E-state index in [0.717, 1.165) is 25.8 Å². The average molecular weight is 213 g/mol. The van der Waals surface area contributed by atoms with Crippen LogP contribution in [0.3, 0.4) is 0 Å². The lowest BCUT2D eigenvalue weighted by Gasteiger charge is -2.32. The number of likely N-dealkylation sites (tertiary alicyclic amines) is 1. The monoisotopic (exact) mass is 213 g/mol. The molecule has 4 heteroatoms. The van der Waals surface area contributed by atoms with E-state index in [9.17, 15) is 4.79 Å². The third-order valence-electron chi connectivity index (χ3n) is 2.49. The molecule has 1 heterocycles. The second-order valence-corrected chi connectivity index (χ2v) is 3.52. The van der Waals surface area contributed by atoms with Crippen LogP contribution in [0.2, 0.25) is 0 Å². The summed E-state index contributed by atoms with van der Waals surface area (Å²) in [5.74, 6) is 0. The number of carbonyl (C=O) groups is 1. The maximum Gasteiger partial charge on any atom is 0.410 e. The van der Waals surface area contributed by atoms with Crippen molar-refractivity contribution in [2.45, 2.75) is 32.2 Å². The van der Waals surface area contributed by atoms with Crippen molar-refractivity contribution in [1.29, 1.82) is 0 Å².